The van der Waals surface area contributed by atoms with Crippen molar-refractivity contribution in [3.8, 4) is 12.0 Å². The number of rotatable bonds is 10. The fraction of sp³-hybridized carbons (Fsp3) is 0.727. The van der Waals surface area contributed by atoms with Gasteiger partial charge in [0.15, 0.2) is 11.6 Å². The summed E-state index contributed by atoms with van der Waals surface area (Å²) in [5, 5.41) is 37.8. The van der Waals surface area contributed by atoms with Gasteiger partial charge in [0, 0.05) is 26.2 Å². The second-order valence-electron chi connectivity index (χ2n) is 8.75. The lowest BCUT2D eigenvalue weighted by atomic mass is 10.1. The van der Waals surface area contributed by atoms with Gasteiger partial charge in [-0.25, -0.2) is 0 Å². The number of piperidine rings is 2. The van der Waals surface area contributed by atoms with E-state index in [4.69, 9.17) is 19.7 Å². The quantitative estimate of drug-likeness (QED) is 0.359. The van der Waals surface area contributed by atoms with Crippen molar-refractivity contribution >= 4 is 22.7 Å². The van der Waals surface area contributed by atoms with Crippen molar-refractivity contribution in [1.29, 1.82) is 0 Å². The highest BCUT2D eigenvalue weighted by Gasteiger charge is 2.26. The lowest BCUT2D eigenvalue weighted by Gasteiger charge is -2.31. The minimum Gasteiger partial charge on any atom is -0.461 e. The van der Waals surface area contributed by atoms with E-state index in [0.717, 1.165) is 64.7 Å². The van der Waals surface area contributed by atoms with E-state index in [0.29, 0.717) is 22.7 Å². The van der Waals surface area contributed by atoms with Gasteiger partial charge in [-0.1, -0.05) is 0 Å². The number of aliphatic hydroxyl groups excluding tert-OH is 4. The number of aromatic nitrogens is 4. The molecule has 0 saturated carbocycles. The van der Waals surface area contributed by atoms with Gasteiger partial charge >= 0.3 is 12.0 Å². The summed E-state index contributed by atoms with van der Waals surface area (Å²) in [6.07, 6.45) is 4.33. The monoisotopic (exact) mass is 478 g/mol. The highest BCUT2D eigenvalue weighted by molar-refractivity contribution is 5.93. The Morgan fingerprint density at radius 2 is 1.00 bits per heavy atom. The molecule has 0 aromatic carbocycles. The Bertz CT molecular complexity index is 862. The van der Waals surface area contributed by atoms with Crippen LogP contribution in [0.3, 0.4) is 0 Å². The predicted octanol–water partition coefficient (Wildman–Crippen LogP) is -0.136. The minimum atomic E-state index is -1.04. The molecule has 2 saturated heterocycles. The summed E-state index contributed by atoms with van der Waals surface area (Å²) in [4.78, 5) is 22.7. The normalized spacial score (nSPS) is 18.7. The molecule has 4 N–H and O–H groups in total. The molecular weight excluding hydrogens is 444 g/mol. The average Bonchev–Trinajstić information content (AvgIpc) is 2.90. The molecule has 2 atom stereocenters. The zero-order chi connectivity index (χ0) is 23.9. The summed E-state index contributed by atoms with van der Waals surface area (Å²) in [6, 6.07) is 0.179. The predicted molar refractivity (Wildman–Crippen MR) is 124 cm³/mol. The third-order valence-corrected chi connectivity index (χ3v) is 6.01. The van der Waals surface area contributed by atoms with Gasteiger partial charge in [-0.3, -0.25) is 0 Å². The fourth-order valence-electron chi connectivity index (χ4n) is 4.17. The van der Waals surface area contributed by atoms with Crippen LogP contribution in [0, 0.1) is 0 Å². The van der Waals surface area contributed by atoms with Crippen molar-refractivity contribution in [3.63, 3.8) is 0 Å². The maximum atomic E-state index is 9.74. The number of fused-ring (bicyclic) bond motifs is 1. The van der Waals surface area contributed by atoms with E-state index >= 15 is 0 Å². The number of hydrogen-bond acceptors (Lipinski definition) is 12. The maximum Gasteiger partial charge on any atom is 0.319 e. The number of hydrogen-bond donors (Lipinski definition) is 4. The average molecular weight is 479 g/mol. The highest BCUT2D eigenvalue weighted by Crippen LogP contribution is 2.34. The summed E-state index contributed by atoms with van der Waals surface area (Å²) in [6.45, 7) is 2.13. The molecule has 2 aromatic rings. The Hall–Kier alpha value is -2.54. The van der Waals surface area contributed by atoms with Crippen molar-refractivity contribution < 1.29 is 29.9 Å². The molecule has 2 fully saturated rings. The zero-order valence-corrected chi connectivity index (χ0v) is 19.3. The van der Waals surface area contributed by atoms with Crippen LogP contribution >= 0.6 is 0 Å². The first-order valence-electron chi connectivity index (χ1n) is 12.0. The fourth-order valence-corrected chi connectivity index (χ4v) is 4.17. The van der Waals surface area contributed by atoms with Crippen molar-refractivity contribution in [2.75, 3.05) is 62.4 Å². The molecule has 0 unspecified atom stereocenters. The third-order valence-electron chi connectivity index (χ3n) is 6.01. The summed E-state index contributed by atoms with van der Waals surface area (Å²) in [5.74, 6) is 1.21. The Balaban J connectivity index is 1.80. The molecule has 34 heavy (non-hydrogen) atoms. The van der Waals surface area contributed by atoms with E-state index in [9.17, 15) is 10.2 Å². The van der Waals surface area contributed by atoms with E-state index in [2.05, 4.69) is 29.7 Å². The molecule has 0 amide bonds. The van der Waals surface area contributed by atoms with Gasteiger partial charge in [-0.05, 0) is 38.5 Å². The topological polar surface area (TPSA) is 157 Å². The molecule has 12 heteroatoms. The Morgan fingerprint density at radius 3 is 1.35 bits per heavy atom. The lowest BCUT2D eigenvalue weighted by molar-refractivity contribution is 0.0503. The molecule has 2 aliphatic rings. The maximum absolute atomic E-state index is 9.74. The Kier molecular flexibility index (Phi) is 8.48. The van der Waals surface area contributed by atoms with Crippen molar-refractivity contribution in [1.82, 2.24) is 19.9 Å². The summed E-state index contributed by atoms with van der Waals surface area (Å²) in [7, 11) is 0. The SMILES string of the molecule is OC[C@@H](O)COc1nc(N2CCCCC2)c2nc(OC[C@H](O)CO)nc(N3CCCCC3)c2n1. The number of ether oxygens (including phenoxy) is 2. The molecule has 0 aliphatic carbocycles. The zero-order valence-electron chi connectivity index (χ0n) is 19.3. The van der Waals surface area contributed by atoms with Gasteiger partial charge in [-0.15, -0.1) is 0 Å². The van der Waals surface area contributed by atoms with Crippen LogP contribution in [0.1, 0.15) is 38.5 Å². The minimum absolute atomic E-state index is 0.0896. The van der Waals surface area contributed by atoms with Crippen LogP contribution in [0.25, 0.3) is 11.0 Å². The Morgan fingerprint density at radius 1 is 0.618 bits per heavy atom. The van der Waals surface area contributed by atoms with Gasteiger partial charge in [0.25, 0.3) is 0 Å². The third kappa shape index (κ3) is 5.93. The molecule has 4 rings (SSSR count). The van der Waals surface area contributed by atoms with Gasteiger partial charge in [0.05, 0.1) is 13.2 Å². The summed E-state index contributed by atoms with van der Waals surface area (Å²) in [5.41, 5.74) is 1.06. The molecule has 12 nitrogen and oxygen atoms in total. The van der Waals surface area contributed by atoms with Gasteiger partial charge < -0.3 is 39.7 Å². The summed E-state index contributed by atoms with van der Waals surface area (Å²) < 4.78 is 11.3. The highest BCUT2D eigenvalue weighted by atomic mass is 16.5. The van der Waals surface area contributed by atoms with Gasteiger partial charge in [-0.2, -0.15) is 19.9 Å². The largest absolute Gasteiger partial charge is 0.461 e. The van der Waals surface area contributed by atoms with Crippen LogP contribution in [0.4, 0.5) is 11.6 Å². The lowest BCUT2D eigenvalue weighted by Crippen LogP contribution is -2.32. The Labute approximate surface area is 198 Å². The van der Waals surface area contributed by atoms with E-state index in [-0.39, 0.29) is 25.2 Å². The molecule has 0 spiro atoms. The second-order valence-corrected chi connectivity index (χ2v) is 8.75. The van der Waals surface area contributed by atoms with Crippen molar-refractivity contribution in [3.05, 3.63) is 0 Å². The van der Waals surface area contributed by atoms with Crippen molar-refractivity contribution in [2.24, 2.45) is 0 Å². The molecule has 2 aromatic heterocycles. The molecule has 2 aliphatic heterocycles. The second kappa shape index (κ2) is 11.7. The van der Waals surface area contributed by atoms with E-state index < -0.39 is 25.4 Å². The van der Waals surface area contributed by atoms with Crippen LogP contribution in [0.2, 0.25) is 0 Å². The molecule has 188 valence electrons. The van der Waals surface area contributed by atoms with Crippen LogP contribution in [-0.2, 0) is 0 Å². The number of anilines is 2. The standard InChI is InChI=1S/C22H34N6O6/c29-11-15(31)13-33-21-24-18-17(19(25-21)27-7-3-1-4-8-27)23-22(34-14-16(32)12-30)26-20(18)28-9-5-2-6-10-28/h15-16,29-32H,1-14H2/t15-,16-/m1/s1. The van der Waals surface area contributed by atoms with Crippen molar-refractivity contribution in [2.45, 2.75) is 50.7 Å². The number of aliphatic hydroxyl groups is 4. The van der Waals surface area contributed by atoms with Crippen LogP contribution in [0.5, 0.6) is 12.0 Å². The van der Waals surface area contributed by atoms with Crippen LogP contribution < -0.4 is 19.3 Å². The first-order chi connectivity index (χ1) is 16.6. The smallest absolute Gasteiger partial charge is 0.319 e. The van der Waals surface area contributed by atoms with Gasteiger partial charge in [0.1, 0.15) is 36.5 Å². The molecular formula is C22H34N6O6. The first kappa shape index (κ1) is 24.6. The summed E-state index contributed by atoms with van der Waals surface area (Å²) >= 11 is 0. The van der Waals surface area contributed by atoms with E-state index in [1.807, 2.05) is 0 Å². The molecule has 0 bridgehead atoms. The van der Waals surface area contributed by atoms with Gasteiger partial charge in [0.2, 0.25) is 0 Å². The van der Waals surface area contributed by atoms with E-state index in [1.54, 1.807) is 0 Å². The van der Waals surface area contributed by atoms with Crippen LogP contribution in [0.15, 0.2) is 0 Å². The molecule has 0 radical (unpaired) electrons. The first-order valence-corrected chi connectivity index (χ1v) is 12.0. The number of nitrogens with zero attached hydrogens (tertiary/aromatic N) is 6. The molecule has 4 heterocycles. The van der Waals surface area contributed by atoms with Crippen LogP contribution in [-0.4, -0.2) is 105 Å². The van der Waals surface area contributed by atoms with E-state index in [1.165, 1.54) is 0 Å².